The number of carboxylic acids is 2. The predicted molar refractivity (Wildman–Crippen MR) is 163 cm³/mol. The van der Waals surface area contributed by atoms with Crippen molar-refractivity contribution in [3.63, 3.8) is 0 Å². The van der Waals surface area contributed by atoms with Crippen LogP contribution in [0.3, 0.4) is 0 Å². The van der Waals surface area contributed by atoms with E-state index in [1.165, 1.54) is 26.4 Å². The van der Waals surface area contributed by atoms with Crippen LogP contribution in [0.15, 0.2) is 48.6 Å². The Balaban J connectivity index is 0.00000882. The number of carboxylic acid groups (broad SMARTS) is 2. The molecular weight excluding hydrogens is 564 g/mol. The summed E-state index contributed by atoms with van der Waals surface area (Å²) in [5, 5.41) is 18.2. The number of hydrogen-bond donors (Lipinski definition) is 4. The van der Waals surface area contributed by atoms with E-state index in [4.69, 9.17) is 31.2 Å². The summed E-state index contributed by atoms with van der Waals surface area (Å²) in [4.78, 5) is 47.0. The first kappa shape index (κ1) is 36.0. The number of aliphatic carboxylic acids is 2. The van der Waals surface area contributed by atoms with Crippen LogP contribution in [0, 0.1) is 11.8 Å². The molecule has 2 aromatic rings. The summed E-state index contributed by atoms with van der Waals surface area (Å²) in [5.41, 5.74) is 14.4. The number of rotatable bonds is 16. The Kier molecular flexibility index (Phi) is 14.7. The number of hydrogen-bond acceptors (Lipinski definition) is 8. The Labute approximate surface area is 251 Å². The lowest BCUT2D eigenvalue weighted by Gasteiger charge is -2.17. The molecule has 0 saturated carbocycles. The Morgan fingerprint density at radius 1 is 0.738 bits per heavy atom. The van der Waals surface area contributed by atoms with Gasteiger partial charge in [0.2, 0.25) is 0 Å². The van der Waals surface area contributed by atoms with Crippen molar-refractivity contribution < 1.29 is 38.9 Å². The molecule has 2 rings (SSSR count). The maximum Gasteiger partial charge on any atom is 0.320 e. The van der Waals surface area contributed by atoms with Gasteiger partial charge < -0.3 is 31.2 Å². The summed E-state index contributed by atoms with van der Waals surface area (Å²) in [6, 6.07) is 8.60. The molecule has 10 nitrogen and oxygen atoms in total. The number of carbonyl (C=O) groups is 4. The minimum atomic E-state index is -1.07. The zero-order chi connectivity index (χ0) is 30.7. The fourth-order valence-corrected chi connectivity index (χ4v) is 4.17. The molecular formula is C31H39ClN2O8. The van der Waals surface area contributed by atoms with Crippen LogP contribution in [0.4, 0.5) is 0 Å². The highest BCUT2D eigenvalue weighted by Gasteiger charge is 2.22. The third-order valence-electron chi connectivity index (χ3n) is 6.77. The maximum atomic E-state index is 12.4. The molecule has 2 aromatic carbocycles. The lowest BCUT2D eigenvalue weighted by molar-refractivity contribution is -0.140. The topological polar surface area (TPSA) is 179 Å². The summed E-state index contributed by atoms with van der Waals surface area (Å²) in [6.07, 6.45) is 6.32. The highest BCUT2D eigenvalue weighted by Crippen LogP contribution is 2.26. The van der Waals surface area contributed by atoms with Crippen molar-refractivity contribution in [1.82, 2.24) is 0 Å². The molecule has 0 radical (unpaired) electrons. The number of carbonyl (C=O) groups excluding carboxylic acids is 2. The van der Waals surface area contributed by atoms with Crippen molar-refractivity contribution in [1.29, 1.82) is 0 Å². The molecule has 0 bridgehead atoms. The van der Waals surface area contributed by atoms with Crippen LogP contribution in [0.1, 0.15) is 42.5 Å². The number of allylic oxidation sites excluding steroid dienone is 2. The summed E-state index contributed by atoms with van der Waals surface area (Å²) >= 11 is 0. The second-order valence-corrected chi connectivity index (χ2v) is 10.0. The van der Waals surface area contributed by atoms with E-state index in [9.17, 15) is 19.2 Å². The van der Waals surface area contributed by atoms with Crippen LogP contribution in [-0.4, -0.2) is 60.0 Å². The minimum Gasteiger partial charge on any atom is -0.496 e. The smallest absolute Gasteiger partial charge is 0.320 e. The lowest BCUT2D eigenvalue weighted by atomic mass is 9.93. The Morgan fingerprint density at radius 2 is 1.10 bits per heavy atom. The van der Waals surface area contributed by atoms with Crippen LogP contribution >= 0.6 is 12.4 Å². The second kappa shape index (κ2) is 17.1. The van der Waals surface area contributed by atoms with Crippen molar-refractivity contribution >= 4 is 48.1 Å². The molecule has 0 saturated heterocycles. The van der Waals surface area contributed by atoms with Crippen LogP contribution in [0.2, 0.25) is 0 Å². The van der Waals surface area contributed by atoms with E-state index in [1.807, 2.05) is 0 Å². The van der Waals surface area contributed by atoms with E-state index >= 15 is 0 Å². The van der Waals surface area contributed by atoms with Gasteiger partial charge in [0.05, 0.1) is 20.6 Å². The van der Waals surface area contributed by atoms with E-state index in [-0.39, 0.29) is 42.2 Å². The largest absolute Gasteiger partial charge is 0.496 e. The van der Waals surface area contributed by atoms with Crippen molar-refractivity contribution in [2.45, 2.75) is 45.2 Å². The molecule has 6 N–H and O–H groups in total. The summed E-state index contributed by atoms with van der Waals surface area (Å²) < 4.78 is 10.9. The second-order valence-electron chi connectivity index (χ2n) is 10.0. The van der Waals surface area contributed by atoms with Gasteiger partial charge in [-0.05, 0) is 71.2 Å². The van der Waals surface area contributed by atoms with Crippen molar-refractivity contribution in [2.24, 2.45) is 23.3 Å². The third kappa shape index (κ3) is 10.8. The van der Waals surface area contributed by atoms with Crippen molar-refractivity contribution in [3.8, 4) is 11.5 Å². The van der Waals surface area contributed by atoms with Gasteiger partial charge in [0.15, 0.2) is 11.6 Å². The van der Waals surface area contributed by atoms with Gasteiger partial charge in [-0.2, -0.15) is 0 Å². The molecule has 4 unspecified atom stereocenters. The predicted octanol–water partition coefficient (Wildman–Crippen LogP) is 3.56. The van der Waals surface area contributed by atoms with Crippen LogP contribution in [0.25, 0.3) is 12.2 Å². The molecule has 0 aliphatic rings. The number of halogens is 1. The fourth-order valence-electron chi connectivity index (χ4n) is 4.17. The van der Waals surface area contributed by atoms with Gasteiger partial charge in [-0.3, -0.25) is 19.2 Å². The molecule has 0 fully saturated rings. The number of ketones is 2. The molecule has 228 valence electrons. The molecule has 4 atom stereocenters. The molecule has 0 aliphatic carbocycles. The lowest BCUT2D eigenvalue weighted by Crippen LogP contribution is -2.37. The minimum absolute atomic E-state index is 0. The van der Waals surface area contributed by atoms with Crippen LogP contribution < -0.4 is 20.9 Å². The van der Waals surface area contributed by atoms with E-state index in [0.29, 0.717) is 35.5 Å². The van der Waals surface area contributed by atoms with Gasteiger partial charge in [0.25, 0.3) is 0 Å². The molecule has 0 aromatic heterocycles. The van der Waals surface area contributed by atoms with Crippen molar-refractivity contribution in [2.75, 3.05) is 14.2 Å². The quantitative estimate of drug-likeness (QED) is 0.164. The van der Waals surface area contributed by atoms with Crippen LogP contribution in [0.5, 0.6) is 11.5 Å². The van der Waals surface area contributed by atoms with Gasteiger partial charge in [-0.25, -0.2) is 0 Å². The van der Waals surface area contributed by atoms with Gasteiger partial charge in [0.1, 0.15) is 23.6 Å². The van der Waals surface area contributed by atoms with Gasteiger partial charge in [-0.15, -0.1) is 12.4 Å². The monoisotopic (exact) mass is 602 g/mol. The highest BCUT2D eigenvalue weighted by atomic mass is 35.5. The van der Waals surface area contributed by atoms with E-state index < -0.39 is 24.0 Å². The van der Waals surface area contributed by atoms with Gasteiger partial charge in [0, 0.05) is 0 Å². The Bertz CT molecular complexity index is 1220. The molecule has 0 aliphatic heterocycles. The molecule has 11 heteroatoms. The van der Waals surface area contributed by atoms with E-state index in [0.717, 1.165) is 11.1 Å². The van der Waals surface area contributed by atoms with E-state index in [1.54, 1.807) is 62.4 Å². The standard InChI is InChI=1S/C31H38N2O8.ClH/c1-18(28(32)30(36)37)13-22-9-5-20(15-26(22)40-3)7-11-24(34)17-25(35)12-8-21-6-10-23(27(16-21)41-4)14-19(2)29(33)31(38)39;/h5-12,15-16,18-19,28-29H,13-14,17,32-33H2,1-4H3,(H,36,37)(H,38,39);1H. The maximum absolute atomic E-state index is 12.4. The summed E-state index contributed by atoms with van der Waals surface area (Å²) in [5.74, 6) is -2.42. The average Bonchev–Trinajstić information content (AvgIpc) is 2.94. The normalized spacial score (nSPS) is 14.0. The van der Waals surface area contributed by atoms with Gasteiger partial charge >= 0.3 is 11.9 Å². The highest BCUT2D eigenvalue weighted by molar-refractivity contribution is 6.10. The zero-order valence-electron chi connectivity index (χ0n) is 24.1. The first-order chi connectivity index (χ1) is 19.4. The number of methoxy groups -OCH3 is 2. The Morgan fingerprint density at radius 3 is 1.40 bits per heavy atom. The summed E-state index contributed by atoms with van der Waals surface area (Å²) in [6.45, 7) is 3.51. The summed E-state index contributed by atoms with van der Waals surface area (Å²) in [7, 11) is 3.01. The number of nitrogens with two attached hydrogens (primary N) is 2. The molecule has 42 heavy (non-hydrogen) atoms. The fraction of sp³-hybridized carbons (Fsp3) is 0.355. The molecule has 0 spiro atoms. The first-order valence-corrected chi connectivity index (χ1v) is 13.1. The van der Waals surface area contributed by atoms with E-state index in [2.05, 4.69) is 0 Å². The SMILES string of the molecule is COc1cc(C=CC(=O)CC(=O)C=Cc2ccc(CC(C)C(N)C(=O)O)c(OC)c2)ccc1CC(C)C(N)C(=O)O.Cl. The third-order valence-corrected chi connectivity index (χ3v) is 6.77. The average molecular weight is 603 g/mol. The van der Waals surface area contributed by atoms with Crippen molar-refractivity contribution in [3.05, 3.63) is 70.8 Å². The zero-order valence-corrected chi connectivity index (χ0v) is 24.9. The Hall–Kier alpha value is -3.99. The number of ether oxygens (including phenoxy) is 2. The molecule has 0 amide bonds. The van der Waals surface area contributed by atoms with Crippen LogP contribution in [-0.2, 0) is 32.0 Å². The first-order valence-electron chi connectivity index (χ1n) is 13.1. The van der Waals surface area contributed by atoms with Gasteiger partial charge in [-0.1, -0.05) is 50.3 Å². The number of benzene rings is 2. The molecule has 0 heterocycles.